The molecule has 0 aromatic carbocycles. The SMILES string of the molecule is CC(CC(=O)N(Cc1ccccn1)C1CC1)C1CCCNC1.Cl. The summed E-state index contributed by atoms with van der Waals surface area (Å²) >= 11 is 0. The standard InChI is InChI=1S/C18H27N3O.ClH/c1-14(15-5-4-9-19-12-15)11-18(22)21(17-7-8-17)13-16-6-2-3-10-20-16;/h2-3,6,10,14-15,17,19H,4-5,7-9,11-13H2,1H3;1H. The van der Waals surface area contributed by atoms with E-state index in [9.17, 15) is 4.79 Å². The number of nitrogens with zero attached hydrogens (tertiary/aromatic N) is 2. The molecule has 0 spiro atoms. The van der Waals surface area contributed by atoms with E-state index in [0.29, 0.717) is 36.8 Å². The number of piperidine rings is 1. The number of nitrogens with one attached hydrogen (secondary N) is 1. The molecule has 1 aromatic heterocycles. The fourth-order valence-electron chi connectivity index (χ4n) is 3.40. The minimum atomic E-state index is 0. The zero-order valence-electron chi connectivity index (χ0n) is 13.9. The monoisotopic (exact) mass is 337 g/mol. The summed E-state index contributed by atoms with van der Waals surface area (Å²) in [5, 5.41) is 3.46. The highest BCUT2D eigenvalue weighted by atomic mass is 35.5. The Morgan fingerprint density at radius 3 is 2.83 bits per heavy atom. The number of carbonyl (C=O) groups is 1. The molecule has 128 valence electrons. The molecule has 5 heteroatoms. The van der Waals surface area contributed by atoms with Crippen LogP contribution >= 0.6 is 12.4 Å². The number of rotatable bonds is 6. The van der Waals surface area contributed by atoms with Crippen LogP contribution in [0.2, 0.25) is 0 Å². The summed E-state index contributed by atoms with van der Waals surface area (Å²) in [6.07, 6.45) is 7.28. The third kappa shape index (κ3) is 5.18. The fourth-order valence-corrected chi connectivity index (χ4v) is 3.40. The molecule has 4 nitrogen and oxygen atoms in total. The van der Waals surface area contributed by atoms with E-state index in [4.69, 9.17) is 0 Å². The Bertz CT molecular complexity index is 486. The summed E-state index contributed by atoms with van der Waals surface area (Å²) in [5.74, 6) is 1.42. The van der Waals surface area contributed by atoms with Gasteiger partial charge in [0.05, 0.1) is 12.2 Å². The van der Waals surface area contributed by atoms with Crippen molar-refractivity contribution in [1.82, 2.24) is 15.2 Å². The average Bonchev–Trinajstić information content (AvgIpc) is 3.39. The van der Waals surface area contributed by atoms with E-state index in [1.807, 2.05) is 18.2 Å². The van der Waals surface area contributed by atoms with Gasteiger partial charge in [0.1, 0.15) is 0 Å². The Hall–Kier alpha value is -1.13. The van der Waals surface area contributed by atoms with Crippen molar-refractivity contribution < 1.29 is 4.79 Å². The van der Waals surface area contributed by atoms with Gasteiger partial charge in [-0.1, -0.05) is 13.0 Å². The molecule has 0 radical (unpaired) electrons. The Balaban J connectivity index is 0.00000192. The molecule has 2 atom stereocenters. The molecule has 3 rings (SSSR count). The highest BCUT2D eigenvalue weighted by Gasteiger charge is 2.34. The molecule has 2 unspecified atom stereocenters. The van der Waals surface area contributed by atoms with Crippen LogP contribution in [0.15, 0.2) is 24.4 Å². The molecule has 1 aliphatic carbocycles. The third-order valence-electron chi connectivity index (χ3n) is 5.00. The Morgan fingerprint density at radius 1 is 1.39 bits per heavy atom. The molecule has 1 N–H and O–H groups in total. The van der Waals surface area contributed by atoms with Crippen LogP contribution in [-0.4, -0.2) is 34.9 Å². The molecule has 1 amide bonds. The smallest absolute Gasteiger partial charge is 0.223 e. The number of pyridine rings is 1. The number of carbonyl (C=O) groups excluding carboxylic acids is 1. The average molecular weight is 338 g/mol. The molecule has 2 heterocycles. The van der Waals surface area contributed by atoms with Crippen molar-refractivity contribution in [3.63, 3.8) is 0 Å². The number of hydrogen-bond donors (Lipinski definition) is 1. The molecule has 23 heavy (non-hydrogen) atoms. The molecule has 1 aliphatic heterocycles. The Labute approximate surface area is 145 Å². The number of aromatic nitrogens is 1. The minimum absolute atomic E-state index is 0. The first-order chi connectivity index (χ1) is 10.7. The van der Waals surface area contributed by atoms with Crippen molar-refractivity contribution in [1.29, 1.82) is 0 Å². The van der Waals surface area contributed by atoms with E-state index in [1.165, 1.54) is 12.8 Å². The summed E-state index contributed by atoms with van der Waals surface area (Å²) in [6, 6.07) is 6.38. The number of amides is 1. The number of hydrogen-bond acceptors (Lipinski definition) is 3. The van der Waals surface area contributed by atoms with Gasteiger partial charge >= 0.3 is 0 Å². The summed E-state index contributed by atoms with van der Waals surface area (Å²) in [4.78, 5) is 19.2. The Morgan fingerprint density at radius 2 is 2.22 bits per heavy atom. The van der Waals surface area contributed by atoms with Crippen LogP contribution in [0.1, 0.15) is 44.7 Å². The minimum Gasteiger partial charge on any atom is -0.334 e. The van der Waals surface area contributed by atoms with Crippen LogP contribution in [0.3, 0.4) is 0 Å². The van der Waals surface area contributed by atoms with Crippen LogP contribution in [0.5, 0.6) is 0 Å². The lowest BCUT2D eigenvalue weighted by Gasteiger charge is -2.30. The van der Waals surface area contributed by atoms with E-state index in [2.05, 4.69) is 22.1 Å². The quantitative estimate of drug-likeness (QED) is 0.867. The van der Waals surface area contributed by atoms with Gasteiger partial charge in [-0.15, -0.1) is 12.4 Å². The highest BCUT2D eigenvalue weighted by molar-refractivity contribution is 5.85. The van der Waals surface area contributed by atoms with E-state index in [-0.39, 0.29) is 12.4 Å². The van der Waals surface area contributed by atoms with Gasteiger partial charge < -0.3 is 10.2 Å². The topological polar surface area (TPSA) is 45.2 Å². The van der Waals surface area contributed by atoms with Crippen molar-refractivity contribution in [3.05, 3.63) is 30.1 Å². The lowest BCUT2D eigenvalue weighted by atomic mass is 9.85. The number of halogens is 1. The van der Waals surface area contributed by atoms with Gasteiger partial charge in [0, 0.05) is 18.7 Å². The molecule has 2 fully saturated rings. The van der Waals surface area contributed by atoms with E-state index >= 15 is 0 Å². The molecule has 1 saturated carbocycles. The first-order valence-corrected chi connectivity index (χ1v) is 8.64. The first-order valence-electron chi connectivity index (χ1n) is 8.64. The first kappa shape index (κ1) is 18.2. The molecule has 1 saturated heterocycles. The van der Waals surface area contributed by atoms with Crippen molar-refractivity contribution in [2.45, 2.75) is 51.6 Å². The maximum Gasteiger partial charge on any atom is 0.223 e. The molecular formula is C18H28ClN3O. The van der Waals surface area contributed by atoms with Crippen molar-refractivity contribution in [2.24, 2.45) is 11.8 Å². The van der Waals surface area contributed by atoms with Crippen molar-refractivity contribution in [2.75, 3.05) is 13.1 Å². The second-order valence-electron chi connectivity index (χ2n) is 6.86. The largest absolute Gasteiger partial charge is 0.334 e. The van der Waals surface area contributed by atoms with Gasteiger partial charge in [0.25, 0.3) is 0 Å². The van der Waals surface area contributed by atoms with Crippen LogP contribution in [0.4, 0.5) is 0 Å². The maximum atomic E-state index is 12.8. The van der Waals surface area contributed by atoms with Gasteiger partial charge in [-0.3, -0.25) is 9.78 Å². The zero-order chi connectivity index (χ0) is 15.4. The second-order valence-corrected chi connectivity index (χ2v) is 6.86. The zero-order valence-corrected chi connectivity index (χ0v) is 14.7. The van der Waals surface area contributed by atoms with Gasteiger partial charge in [0.2, 0.25) is 5.91 Å². The van der Waals surface area contributed by atoms with E-state index in [1.54, 1.807) is 6.20 Å². The second kappa shape index (κ2) is 8.65. The van der Waals surface area contributed by atoms with E-state index in [0.717, 1.165) is 31.6 Å². The predicted octanol–water partition coefficient (Wildman–Crippen LogP) is 3.02. The van der Waals surface area contributed by atoms with Gasteiger partial charge in [-0.05, 0) is 62.7 Å². The van der Waals surface area contributed by atoms with Crippen LogP contribution in [0.25, 0.3) is 0 Å². The fraction of sp³-hybridized carbons (Fsp3) is 0.667. The molecule has 1 aromatic rings. The Kier molecular flexibility index (Phi) is 6.85. The highest BCUT2D eigenvalue weighted by Crippen LogP contribution is 2.30. The van der Waals surface area contributed by atoms with Crippen LogP contribution in [-0.2, 0) is 11.3 Å². The van der Waals surface area contributed by atoms with Gasteiger partial charge in [-0.2, -0.15) is 0 Å². The predicted molar refractivity (Wildman–Crippen MR) is 94.4 cm³/mol. The van der Waals surface area contributed by atoms with Crippen molar-refractivity contribution >= 4 is 18.3 Å². The summed E-state index contributed by atoms with van der Waals surface area (Å²) in [6.45, 7) is 5.10. The molecule has 2 aliphatic rings. The lowest BCUT2D eigenvalue weighted by Crippen LogP contribution is -2.38. The maximum absolute atomic E-state index is 12.8. The third-order valence-corrected chi connectivity index (χ3v) is 5.00. The summed E-state index contributed by atoms with van der Waals surface area (Å²) in [5.41, 5.74) is 0.995. The molecule has 0 bridgehead atoms. The van der Waals surface area contributed by atoms with Crippen molar-refractivity contribution in [3.8, 4) is 0 Å². The van der Waals surface area contributed by atoms with Gasteiger partial charge in [-0.25, -0.2) is 0 Å². The normalized spacial score (nSPS) is 22.0. The van der Waals surface area contributed by atoms with Gasteiger partial charge in [0.15, 0.2) is 0 Å². The van der Waals surface area contributed by atoms with Crippen LogP contribution in [0, 0.1) is 11.8 Å². The lowest BCUT2D eigenvalue weighted by molar-refractivity contribution is -0.133. The molecular weight excluding hydrogens is 310 g/mol. The summed E-state index contributed by atoms with van der Waals surface area (Å²) < 4.78 is 0. The van der Waals surface area contributed by atoms with Crippen LogP contribution < -0.4 is 5.32 Å². The summed E-state index contributed by atoms with van der Waals surface area (Å²) in [7, 11) is 0. The van der Waals surface area contributed by atoms with E-state index < -0.39 is 0 Å².